The van der Waals surface area contributed by atoms with Gasteiger partial charge in [-0.25, -0.2) is 0 Å². The summed E-state index contributed by atoms with van der Waals surface area (Å²) in [5, 5.41) is 19.2. The highest BCUT2D eigenvalue weighted by atomic mass is 32.1. The SMILES string of the molecule is C#CCNC(=O)CC(C)C.CC(C)C(CCCCc1ccc(N=C=S)cc1)C(=O)O.CC(C)CC(=O)N(C)C.CC(C)CC(=O)NC(C)P(=O)(O)O.CCN(CC)C(=O)CC(C)C.COCCCCNC(=O)CC(C)C. The average molecular weight is 1110 g/mol. The first-order valence-electron chi connectivity index (χ1n) is 26.9. The number of isothiocyanates is 1. The van der Waals surface area contributed by atoms with Crippen LogP contribution in [0.3, 0.4) is 0 Å². The van der Waals surface area contributed by atoms with E-state index < -0.39 is 19.3 Å². The van der Waals surface area contributed by atoms with Crippen LogP contribution in [-0.4, -0.2) is 125 Å². The molecule has 1 aromatic rings. The maximum Gasteiger partial charge on any atom is 0.347 e. The van der Waals surface area contributed by atoms with Crippen molar-refractivity contribution in [1.29, 1.82) is 0 Å². The van der Waals surface area contributed by atoms with E-state index in [1.54, 1.807) is 26.1 Å². The number of nitrogens with one attached hydrogen (secondary N) is 3. The molecule has 17 nitrogen and oxygen atoms in total. The molecule has 0 radical (unpaired) electrons. The van der Waals surface area contributed by atoms with Crippen LogP contribution in [0.15, 0.2) is 29.3 Å². The number of ether oxygens (including phenoxy) is 1. The zero-order valence-electron chi connectivity index (χ0n) is 50.1. The van der Waals surface area contributed by atoms with Crippen molar-refractivity contribution < 1.29 is 53.0 Å². The van der Waals surface area contributed by atoms with Crippen LogP contribution in [0, 0.1) is 53.8 Å². The van der Waals surface area contributed by atoms with Gasteiger partial charge < -0.3 is 45.4 Å². The molecule has 0 spiro atoms. The van der Waals surface area contributed by atoms with Crippen molar-refractivity contribution in [2.45, 2.75) is 180 Å². The number of nitrogens with zero attached hydrogens (tertiary/aromatic N) is 3. The number of rotatable bonds is 28. The molecule has 76 heavy (non-hydrogen) atoms. The van der Waals surface area contributed by atoms with Crippen LogP contribution in [-0.2, 0) is 44.5 Å². The van der Waals surface area contributed by atoms with E-state index in [1.165, 1.54) is 12.5 Å². The summed E-state index contributed by atoms with van der Waals surface area (Å²) >= 11 is 4.55. The molecule has 0 saturated heterocycles. The summed E-state index contributed by atoms with van der Waals surface area (Å²) in [5.74, 6) is 2.87. The Labute approximate surface area is 465 Å². The lowest BCUT2D eigenvalue weighted by molar-refractivity contribution is -0.143. The van der Waals surface area contributed by atoms with Crippen LogP contribution in [0.5, 0.6) is 0 Å². The molecule has 0 aliphatic carbocycles. The summed E-state index contributed by atoms with van der Waals surface area (Å²) in [5.41, 5.74) is 2.05. The van der Waals surface area contributed by atoms with E-state index in [-0.39, 0.29) is 53.7 Å². The fourth-order valence-electron chi connectivity index (χ4n) is 6.19. The molecule has 0 aromatic heterocycles. The molecule has 5 amide bonds. The topological polar surface area (TPSA) is 244 Å². The van der Waals surface area contributed by atoms with Gasteiger partial charge in [0, 0.05) is 79.6 Å². The van der Waals surface area contributed by atoms with E-state index in [9.17, 15) is 33.3 Å². The summed E-state index contributed by atoms with van der Waals surface area (Å²) in [6.45, 7) is 32.9. The molecule has 19 heteroatoms. The van der Waals surface area contributed by atoms with Gasteiger partial charge in [-0.05, 0) is 118 Å². The van der Waals surface area contributed by atoms with Gasteiger partial charge in [-0.15, -0.1) is 6.42 Å². The van der Waals surface area contributed by atoms with Crippen LogP contribution in [0.4, 0.5) is 5.69 Å². The third-order valence-corrected chi connectivity index (χ3v) is 11.6. The number of carboxylic acid groups (broad SMARTS) is 1. The minimum Gasteiger partial charge on any atom is -0.481 e. The summed E-state index contributed by atoms with van der Waals surface area (Å²) in [4.78, 5) is 91.0. The standard InChI is InChI=1S/C16H21NO2S.C10H21NO2.C9H19NO.C8H13NO.C7H16NO4P.C7H15NO/c1-12(2)15(16(18)19)6-4-3-5-13-7-9-14(10-8-13)17-11-20;1-9(2)8-10(12)11-6-4-5-7-13-3;1-5-10(6-2)9(11)7-8(3)4;1-4-5-9-8(10)6-7(2)3;1-5(2)4-7(9)8-6(3)13(10,11)12;1-6(2)5-7(9)8(3)4/h7-10,12,15H,3-6H2,1-2H3,(H,18,19);9H,4-8H2,1-3H3,(H,11,12);8H,5-7H2,1-4H3;1,7H,5-6H2,2-3H3,(H,9,10);5-6H,4H2,1-3H3,(H,8,9)(H2,10,11,12);6H,5H2,1-4H3. The lowest BCUT2D eigenvalue weighted by Crippen LogP contribution is -2.32. The van der Waals surface area contributed by atoms with Crippen LogP contribution in [0.1, 0.15) is 174 Å². The van der Waals surface area contributed by atoms with Crippen LogP contribution in [0.2, 0.25) is 0 Å². The van der Waals surface area contributed by atoms with Gasteiger partial charge in [0.1, 0.15) is 5.78 Å². The zero-order chi connectivity index (χ0) is 60.0. The third-order valence-electron chi connectivity index (χ3n) is 10.4. The van der Waals surface area contributed by atoms with E-state index in [4.69, 9.17) is 26.1 Å². The van der Waals surface area contributed by atoms with Crippen molar-refractivity contribution in [3.63, 3.8) is 0 Å². The van der Waals surface area contributed by atoms with Crippen molar-refractivity contribution >= 4 is 66.2 Å². The molecule has 440 valence electrons. The number of aliphatic carboxylic acids is 1. The van der Waals surface area contributed by atoms with E-state index in [2.05, 4.69) is 58.1 Å². The first-order valence-corrected chi connectivity index (χ1v) is 29.0. The van der Waals surface area contributed by atoms with Crippen molar-refractivity contribution in [2.24, 2.45) is 46.4 Å². The number of unbranched alkanes of at least 4 members (excludes halogenated alkanes) is 2. The van der Waals surface area contributed by atoms with Gasteiger partial charge in [0.25, 0.3) is 0 Å². The van der Waals surface area contributed by atoms with Gasteiger partial charge in [-0.1, -0.05) is 108 Å². The Morgan fingerprint density at radius 3 is 1.53 bits per heavy atom. The quantitative estimate of drug-likeness (QED) is 0.0151. The molecule has 1 rings (SSSR count). The molecular formula is C57H105N6O11PS. The van der Waals surface area contributed by atoms with Crippen LogP contribution >= 0.6 is 19.8 Å². The molecular weight excluding hydrogens is 1010 g/mol. The minimum atomic E-state index is -4.19. The number of aryl methyl sites for hydroxylation is 1. The third kappa shape index (κ3) is 55.7. The Bertz CT molecular complexity index is 1840. The van der Waals surface area contributed by atoms with Crippen molar-refractivity contribution in [3.8, 4) is 12.3 Å². The maximum atomic E-state index is 11.3. The number of thiocarbonyl (C=S) groups is 1. The maximum absolute atomic E-state index is 11.3. The Morgan fingerprint density at radius 1 is 0.697 bits per heavy atom. The number of carbonyl (C=O) groups is 6. The Morgan fingerprint density at radius 2 is 1.16 bits per heavy atom. The fourth-order valence-corrected chi connectivity index (χ4v) is 6.61. The monoisotopic (exact) mass is 1110 g/mol. The van der Waals surface area contributed by atoms with Gasteiger partial charge in [0.15, 0.2) is 0 Å². The van der Waals surface area contributed by atoms with Crippen LogP contribution in [0.25, 0.3) is 0 Å². The highest BCUT2D eigenvalue weighted by Crippen LogP contribution is 2.39. The molecule has 0 saturated carbocycles. The highest BCUT2D eigenvalue weighted by Gasteiger charge is 2.25. The number of aliphatic imine (C=N–C) groups is 1. The zero-order valence-corrected chi connectivity index (χ0v) is 51.8. The molecule has 2 atom stereocenters. The van der Waals surface area contributed by atoms with E-state index in [0.29, 0.717) is 55.9 Å². The number of methoxy groups -OCH3 is 1. The minimum absolute atomic E-state index is 0.0351. The largest absolute Gasteiger partial charge is 0.481 e. The molecule has 1 aromatic carbocycles. The lowest BCUT2D eigenvalue weighted by atomic mass is 9.90. The van der Waals surface area contributed by atoms with Crippen molar-refractivity contribution in [1.82, 2.24) is 25.8 Å². The summed E-state index contributed by atoms with van der Waals surface area (Å²) < 4.78 is 15.5. The van der Waals surface area contributed by atoms with Gasteiger partial charge in [0.05, 0.1) is 23.3 Å². The number of carboxylic acids is 1. The lowest BCUT2D eigenvalue weighted by Gasteiger charge is -2.19. The summed E-state index contributed by atoms with van der Waals surface area (Å²) in [6, 6.07) is 7.90. The molecule has 0 aliphatic rings. The van der Waals surface area contributed by atoms with E-state index in [0.717, 1.165) is 70.5 Å². The Balaban J connectivity index is -0.000000272. The first kappa shape index (κ1) is 80.4. The predicted molar refractivity (Wildman–Crippen MR) is 314 cm³/mol. The first-order chi connectivity index (χ1) is 35.2. The molecule has 2 unspecified atom stereocenters. The number of carbonyl (C=O) groups excluding carboxylic acids is 5. The van der Waals surface area contributed by atoms with Gasteiger partial charge >= 0.3 is 13.6 Å². The normalized spacial score (nSPS) is 11.2. The van der Waals surface area contributed by atoms with E-state index in [1.807, 2.05) is 112 Å². The average Bonchev–Trinajstić information content (AvgIpc) is 3.28. The van der Waals surface area contributed by atoms with Crippen molar-refractivity contribution in [3.05, 3.63) is 29.8 Å². The number of benzene rings is 1. The molecule has 6 N–H and O–H groups in total. The van der Waals surface area contributed by atoms with Crippen molar-refractivity contribution in [2.75, 3.05) is 54.0 Å². The van der Waals surface area contributed by atoms with E-state index >= 15 is 0 Å². The predicted octanol–water partition coefficient (Wildman–Crippen LogP) is 10.5. The smallest absolute Gasteiger partial charge is 0.347 e. The van der Waals surface area contributed by atoms with Crippen LogP contribution < -0.4 is 16.0 Å². The molecule has 0 heterocycles. The summed E-state index contributed by atoms with van der Waals surface area (Å²) in [7, 11) is 1.07. The van der Waals surface area contributed by atoms with Gasteiger partial charge in [-0.2, -0.15) is 4.99 Å². The Hall–Kier alpha value is -4.49. The number of terminal acetylenes is 1. The second kappa shape index (κ2) is 50.0. The Kier molecular flexibility index (Phi) is 52.9. The van der Waals surface area contributed by atoms with Gasteiger partial charge in [0.2, 0.25) is 29.5 Å². The number of hydrogen-bond acceptors (Lipinski definition) is 10. The molecule has 0 aliphatic heterocycles. The summed E-state index contributed by atoms with van der Waals surface area (Å²) in [6.07, 6.45) is 13.4. The molecule has 0 fully saturated rings. The number of hydrogen-bond donors (Lipinski definition) is 6. The second-order valence-electron chi connectivity index (χ2n) is 21.0. The highest BCUT2D eigenvalue weighted by molar-refractivity contribution is 7.78. The van der Waals surface area contributed by atoms with Gasteiger partial charge in [-0.3, -0.25) is 33.3 Å². The second-order valence-corrected chi connectivity index (χ2v) is 23.1. The number of amides is 5. The fraction of sp³-hybridized carbons (Fsp3) is 0.737. The molecule has 0 bridgehead atoms.